The van der Waals surface area contributed by atoms with Gasteiger partial charge in [-0.05, 0) is 18.9 Å². The van der Waals surface area contributed by atoms with Crippen molar-refractivity contribution >= 4 is 34.2 Å². The van der Waals surface area contributed by atoms with Gasteiger partial charge in [0.15, 0.2) is 5.82 Å². The quantitative estimate of drug-likeness (QED) is 0.706. The van der Waals surface area contributed by atoms with Gasteiger partial charge in [-0.25, -0.2) is 22.8 Å². The normalized spacial score (nSPS) is 14.5. The van der Waals surface area contributed by atoms with Crippen LogP contribution in [0.25, 0.3) is 22.2 Å². The van der Waals surface area contributed by atoms with Crippen LogP contribution in [-0.4, -0.2) is 19.3 Å². The molecule has 0 atom stereocenters. The number of imidazole rings is 1. The molecule has 0 bridgehead atoms. The van der Waals surface area contributed by atoms with Crippen molar-refractivity contribution in [2.75, 3.05) is 0 Å². The van der Waals surface area contributed by atoms with Crippen molar-refractivity contribution in [3.63, 3.8) is 0 Å². The summed E-state index contributed by atoms with van der Waals surface area (Å²) >= 11 is 12.3. The summed E-state index contributed by atoms with van der Waals surface area (Å²) in [5.41, 5.74) is -0.836. The Balaban J connectivity index is 2.09. The molecule has 2 aromatic heterocycles. The number of fused-ring (bicyclic) bond motifs is 2. The zero-order chi connectivity index (χ0) is 17.9. The van der Waals surface area contributed by atoms with Gasteiger partial charge in [0.2, 0.25) is 0 Å². The molecule has 1 aliphatic rings. The van der Waals surface area contributed by atoms with Crippen molar-refractivity contribution < 1.29 is 13.2 Å². The van der Waals surface area contributed by atoms with Gasteiger partial charge in [-0.1, -0.05) is 23.2 Å². The van der Waals surface area contributed by atoms with Gasteiger partial charge in [0.1, 0.15) is 16.5 Å². The molecule has 0 amide bonds. The summed E-state index contributed by atoms with van der Waals surface area (Å²) < 4.78 is 43.7. The van der Waals surface area contributed by atoms with E-state index in [4.69, 9.17) is 23.2 Å². The molecular formula is C15H11Cl2F3N4O. The van der Waals surface area contributed by atoms with Crippen molar-refractivity contribution in [2.24, 2.45) is 0 Å². The largest absolute Gasteiger partial charge is 0.337 e. The molecule has 0 saturated carbocycles. The van der Waals surface area contributed by atoms with Gasteiger partial charge >= 0.3 is 0 Å². The lowest BCUT2D eigenvalue weighted by Gasteiger charge is -2.17. The number of hydrogen-bond donors (Lipinski definition) is 1. The number of nitrogens with zero attached hydrogens (tertiary/aromatic N) is 3. The van der Waals surface area contributed by atoms with Gasteiger partial charge in [0, 0.05) is 13.1 Å². The van der Waals surface area contributed by atoms with E-state index in [0.717, 1.165) is 18.9 Å². The Morgan fingerprint density at radius 3 is 2.48 bits per heavy atom. The third-order valence-corrected chi connectivity index (χ3v) is 4.98. The highest BCUT2D eigenvalue weighted by molar-refractivity contribution is 6.36. The fraction of sp³-hybridized carbons (Fsp3) is 0.333. The summed E-state index contributed by atoms with van der Waals surface area (Å²) in [5.74, 6) is -1.48. The summed E-state index contributed by atoms with van der Waals surface area (Å²) in [7, 11) is 0. The zero-order valence-corrected chi connectivity index (χ0v) is 14.1. The van der Waals surface area contributed by atoms with Crippen molar-refractivity contribution in [1.82, 2.24) is 19.3 Å². The highest BCUT2D eigenvalue weighted by Crippen LogP contribution is 2.37. The van der Waals surface area contributed by atoms with Gasteiger partial charge in [0.05, 0.1) is 21.7 Å². The number of nitrogens with one attached hydrogen (secondary N) is 1. The highest BCUT2D eigenvalue weighted by Gasteiger charge is 2.28. The molecule has 0 unspecified atom stereocenters. The summed E-state index contributed by atoms with van der Waals surface area (Å²) in [6.45, 7) is 0.986. The minimum absolute atomic E-state index is 0.0296. The van der Waals surface area contributed by atoms with Crippen LogP contribution in [0, 0.1) is 5.82 Å². The first-order valence-corrected chi connectivity index (χ1v) is 8.31. The van der Waals surface area contributed by atoms with Crippen LogP contribution in [0.5, 0.6) is 0 Å². The van der Waals surface area contributed by atoms with Crippen LogP contribution in [0.15, 0.2) is 10.9 Å². The number of alkyl halides is 2. The fourth-order valence-corrected chi connectivity index (χ4v) is 3.78. The SMILES string of the molecule is O=c1c(-c2c(F)cc(Cl)c3nc(C(F)F)[nH]c23)c(Cl)n2n1CCCC2. The molecule has 0 fully saturated rings. The van der Waals surface area contributed by atoms with Gasteiger partial charge in [-0.3, -0.25) is 9.48 Å². The molecule has 0 radical (unpaired) electrons. The number of halogens is 5. The van der Waals surface area contributed by atoms with Crippen molar-refractivity contribution in [1.29, 1.82) is 0 Å². The lowest BCUT2D eigenvalue weighted by Crippen LogP contribution is -2.27. The Morgan fingerprint density at radius 1 is 1.16 bits per heavy atom. The molecule has 3 aromatic rings. The Bertz CT molecular complexity index is 1050. The third-order valence-electron chi connectivity index (χ3n) is 4.31. The molecule has 5 nitrogen and oxygen atoms in total. The van der Waals surface area contributed by atoms with E-state index >= 15 is 0 Å². The van der Waals surface area contributed by atoms with Gasteiger partial charge in [-0.15, -0.1) is 0 Å². The van der Waals surface area contributed by atoms with Crippen LogP contribution < -0.4 is 5.56 Å². The third kappa shape index (κ3) is 2.38. The predicted molar refractivity (Wildman–Crippen MR) is 87.9 cm³/mol. The first-order chi connectivity index (χ1) is 11.9. The van der Waals surface area contributed by atoms with Crippen LogP contribution in [0.2, 0.25) is 10.2 Å². The van der Waals surface area contributed by atoms with Crippen LogP contribution in [-0.2, 0) is 13.1 Å². The van der Waals surface area contributed by atoms with Crippen LogP contribution >= 0.6 is 23.2 Å². The number of H-pyrrole nitrogens is 1. The van der Waals surface area contributed by atoms with E-state index in [1.54, 1.807) is 4.68 Å². The molecule has 0 saturated heterocycles. The molecule has 132 valence electrons. The summed E-state index contributed by atoms with van der Waals surface area (Å²) in [5, 5.41) is -0.0555. The molecule has 0 spiro atoms. The summed E-state index contributed by atoms with van der Waals surface area (Å²) in [4.78, 5) is 18.8. The topological polar surface area (TPSA) is 55.6 Å². The van der Waals surface area contributed by atoms with E-state index < -0.39 is 23.6 Å². The minimum atomic E-state index is -2.89. The highest BCUT2D eigenvalue weighted by atomic mass is 35.5. The molecule has 0 aliphatic carbocycles. The second kappa shape index (κ2) is 5.81. The Hall–Kier alpha value is -1.93. The second-order valence-electron chi connectivity index (χ2n) is 5.79. The van der Waals surface area contributed by atoms with E-state index in [9.17, 15) is 18.0 Å². The predicted octanol–water partition coefficient (Wildman–Crippen LogP) is 4.37. The minimum Gasteiger partial charge on any atom is -0.337 e. The molecule has 1 N–H and O–H groups in total. The van der Waals surface area contributed by atoms with E-state index in [-0.39, 0.29) is 32.3 Å². The molecule has 1 aliphatic heterocycles. The number of benzene rings is 1. The smallest absolute Gasteiger partial charge is 0.295 e. The Kier molecular flexibility index (Phi) is 3.84. The molecule has 1 aromatic carbocycles. The maximum absolute atomic E-state index is 14.7. The number of aromatic nitrogens is 4. The average molecular weight is 391 g/mol. The van der Waals surface area contributed by atoms with Crippen molar-refractivity contribution in [2.45, 2.75) is 32.4 Å². The summed E-state index contributed by atoms with van der Waals surface area (Å²) in [6.07, 6.45) is -1.25. The van der Waals surface area contributed by atoms with Gasteiger partial charge in [0.25, 0.3) is 12.0 Å². The Labute approximate surface area is 148 Å². The van der Waals surface area contributed by atoms with E-state index in [0.29, 0.717) is 13.1 Å². The molecule has 10 heteroatoms. The second-order valence-corrected chi connectivity index (χ2v) is 6.55. The van der Waals surface area contributed by atoms with Crippen molar-refractivity contribution in [3.8, 4) is 11.1 Å². The summed E-state index contributed by atoms with van der Waals surface area (Å²) in [6, 6.07) is 0.951. The van der Waals surface area contributed by atoms with E-state index in [2.05, 4.69) is 9.97 Å². The number of rotatable bonds is 2. The first-order valence-electron chi connectivity index (χ1n) is 7.55. The molecule has 4 rings (SSSR count). The van der Waals surface area contributed by atoms with Gasteiger partial charge in [-0.2, -0.15) is 0 Å². The van der Waals surface area contributed by atoms with Crippen molar-refractivity contribution in [3.05, 3.63) is 38.2 Å². The standard InChI is InChI=1S/C15H11Cl2F3N4O/c16-6-5-7(18)8(11-10(6)21-14(22-11)13(19)20)9-12(17)23-3-1-2-4-24(23)15(9)25/h5,13H,1-4H2,(H,21,22). The van der Waals surface area contributed by atoms with Gasteiger partial charge < -0.3 is 4.98 Å². The zero-order valence-electron chi connectivity index (χ0n) is 12.6. The monoisotopic (exact) mass is 390 g/mol. The number of aromatic amines is 1. The lowest BCUT2D eigenvalue weighted by atomic mass is 10.1. The van der Waals surface area contributed by atoms with Crippen LogP contribution in [0.1, 0.15) is 25.1 Å². The maximum atomic E-state index is 14.7. The average Bonchev–Trinajstić information content (AvgIpc) is 3.12. The molecule has 25 heavy (non-hydrogen) atoms. The molecular weight excluding hydrogens is 380 g/mol. The van der Waals surface area contributed by atoms with E-state index in [1.165, 1.54) is 4.68 Å². The maximum Gasteiger partial charge on any atom is 0.295 e. The molecule has 3 heterocycles. The van der Waals surface area contributed by atoms with Crippen LogP contribution in [0.3, 0.4) is 0 Å². The fourth-order valence-electron chi connectivity index (χ4n) is 3.20. The van der Waals surface area contributed by atoms with Crippen LogP contribution in [0.4, 0.5) is 13.2 Å². The lowest BCUT2D eigenvalue weighted by molar-refractivity contribution is 0.142. The first kappa shape index (κ1) is 16.5. The Morgan fingerprint density at radius 2 is 1.84 bits per heavy atom. The van der Waals surface area contributed by atoms with E-state index in [1.807, 2.05) is 0 Å². The number of hydrogen-bond acceptors (Lipinski definition) is 2.